The van der Waals surface area contributed by atoms with E-state index in [0.717, 1.165) is 5.56 Å². The largest absolute Gasteiger partial charge is 0.492 e. The molecule has 0 fully saturated rings. The van der Waals surface area contributed by atoms with Crippen LogP contribution in [0.4, 0.5) is 11.4 Å². The molecule has 0 saturated carbocycles. The van der Waals surface area contributed by atoms with Gasteiger partial charge in [0.1, 0.15) is 5.75 Å². The smallest absolute Gasteiger partial charge is 0.306 e. The molecule has 7 nitrogen and oxygen atoms in total. The van der Waals surface area contributed by atoms with Crippen LogP contribution in [0.2, 0.25) is 5.02 Å². The van der Waals surface area contributed by atoms with Gasteiger partial charge in [0.05, 0.1) is 18.7 Å². The summed E-state index contributed by atoms with van der Waals surface area (Å²) in [5, 5.41) is 5.82. The van der Waals surface area contributed by atoms with Crippen LogP contribution in [0, 0.1) is 6.92 Å². The lowest BCUT2D eigenvalue weighted by Crippen LogP contribution is -2.22. The number of aryl methyl sites for hydroxylation is 1. The average Bonchev–Trinajstić information content (AvgIpc) is 2.69. The number of benzene rings is 2. The number of halogens is 1. The molecule has 2 rings (SSSR count). The van der Waals surface area contributed by atoms with Gasteiger partial charge >= 0.3 is 5.97 Å². The van der Waals surface area contributed by atoms with Gasteiger partial charge in [0.15, 0.2) is 6.61 Å². The van der Waals surface area contributed by atoms with E-state index in [1.165, 1.54) is 0 Å². The molecule has 0 radical (unpaired) electrons. The minimum absolute atomic E-state index is 0.0703. The van der Waals surface area contributed by atoms with Gasteiger partial charge in [-0.1, -0.05) is 29.8 Å². The molecule has 2 aromatic carbocycles. The second kappa shape index (κ2) is 11.1. The van der Waals surface area contributed by atoms with E-state index in [2.05, 4.69) is 10.6 Å². The molecule has 0 aliphatic carbocycles. The van der Waals surface area contributed by atoms with E-state index in [1.807, 2.05) is 13.8 Å². The summed E-state index contributed by atoms with van der Waals surface area (Å²) in [4.78, 5) is 35.7. The lowest BCUT2D eigenvalue weighted by Gasteiger charge is -2.11. The highest BCUT2D eigenvalue weighted by Gasteiger charge is 2.12. The van der Waals surface area contributed by atoms with E-state index in [0.29, 0.717) is 28.8 Å². The van der Waals surface area contributed by atoms with E-state index in [1.54, 1.807) is 42.5 Å². The van der Waals surface area contributed by atoms with E-state index in [-0.39, 0.29) is 18.7 Å². The van der Waals surface area contributed by atoms with Gasteiger partial charge in [-0.2, -0.15) is 0 Å². The van der Waals surface area contributed by atoms with Gasteiger partial charge in [-0.3, -0.25) is 14.4 Å². The topological polar surface area (TPSA) is 93.7 Å². The van der Waals surface area contributed by atoms with Crippen molar-refractivity contribution in [2.24, 2.45) is 0 Å². The average molecular weight is 419 g/mol. The number of hydrogen-bond donors (Lipinski definition) is 2. The molecule has 0 unspecified atom stereocenters. The van der Waals surface area contributed by atoms with Gasteiger partial charge in [0.25, 0.3) is 5.91 Å². The van der Waals surface area contributed by atoms with Crippen molar-refractivity contribution in [2.75, 3.05) is 23.8 Å². The molecule has 0 spiro atoms. The number of esters is 1. The number of rotatable bonds is 9. The molecule has 0 heterocycles. The fourth-order valence-electron chi connectivity index (χ4n) is 2.37. The van der Waals surface area contributed by atoms with Crippen LogP contribution in [0.3, 0.4) is 0 Å². The summed E-state index contributed by atoms with van der Waals surface area (Å²) in [6.07, 6.45) is -0.215. The van der Waals surface area contributed by atoms with E-state index in [4.69, 9.17) is 21.1 Å². The molecule has 8 heteroatoms. The van der Waals surface area contributed by atoms with Crippen molar-refractivity contribution in [3.05, 3.63) is 53.1 Å². The van der Waals surface area contributed by atoms with Crippen LogP contribution in [0.15, 0.2) is 42.5 Å². The molecule has 0 bridgehead atoms. The van der Waals surface area contributed by atoms with Crippen LogP contribution in [-0.4, -0.2) is 31.0 Å². The predicted molar refractivity (Wildman–Crippen MR) is 111 cm³/mol. The van der Waals surface area contributed by atoms with Crippen molar-refractivity contribution in [2.45, 2.75) is 26.7 Å². The lowest BCUT2D eigenvalue weighted by molar-refractivity contribution is -0.147. The first-order valence-electron chi connectivity index (χ1n) is 9.12. The van der Waals surface area contributed by atoms with Gasteiger partial charge in [0, 0.05) is 17.1 Å². The SMILES string of the molecule is CCOc1ccccc1NC(=O)COC(=O)CCC(=O)Nc1ccc(C)c(Cl)c1. The number of anilines is 2. The standard InChI is InChI=1S/C21H23ClN2O5/c1-3-28-18-7-5-4-6-17(18)24-20(26)13-29-21(27)11-10-19(25)23-15-9-8-14(2)16(22)12-15/h4-9,12H,3,10-11,13H2,1-2H3,(H,23,25)(H,24,26). The fraction of sp³-hybridized carbons (Fsp3) is 0.286. The zero-order chi connectivity index (χ0) is 21.2. The lowest BCUT2D eigenvalue weighted by atomic mass is 10.2. The van der Waals surface area contributed by atoms with Crippen molar-refractivity contribution in [3.63, 3.8) is 0 Å². The molecule has 0 atom stereocenters. The third-order valence-electron chi connectivity index (χ3n) is 3.84. The minimum Gasteiger partial charge on any atom is -0.492 e. The molecule has 0 aliphatic rings. The first-order chi connectivity index (χ1) is 13.9. The van der Waals surface area contributed by atoms with Gasteiger partial charge in [-0.05, 0) is 43.7 Å². The van der Waals surface area contributed by atoms with Crippen LogP contribution in [0.1, 0.15) is 25.3 Å². The maximum atomic E-state index is 12.0. The summed E-state index contributed by atoms with van der Waals surface area (Å²) in [5.41, 5.74) is 1.94. The summed E-state index contributed by atoms with van der Waals surface area (Å²) < 4.78 is 10.3. The van der Waals surface area contributed by atoms with Crippen LogP contribution in [0.25, 0.3) is 0 Å². The third kappa shape index (κ3) is 7.46. The van der Waals surface area contributed by atoms with Crippen LogP contribution in [-0.2, 0) is 19.1 Å². The Bertz CT molecular complexity index is 885. The fourth-order valence-corrected chi connectivity index (χ4v) is 2.55. The number of carbonyl (C=O) groups excluding carboxylic acids is 3. The molecular formula is C21H23ClN2O5. The summed E-state index contributed by atoms with van der Waals surface area (Å²) in [6.45, 7) is 3.70. The maximum absolute atomic E-state index is 12.0. The van der Waals surface area contributed by atoms with Gasteiger partial charge in [0.2, 0.25) is 5.91 Å². The Labute approximate surface area is 174 Å². The highest BCUT2D eigenvalue weighted by molar-refractivity contribution is 6.31. The zero-order valence-corrected chi connectivity index (χ0v) is 17.0. The number of ether oxygens (including phenoxy) is 2. The van der Waals surface area contributed by atoms with Crippen LogP contribution in [0.5, 0.6) is 5.75 Å². The van der Waals surface area contributed by atoms with Crippen LogP contribution >= 0.6 is 11.6 Å². The zero-order valence-electron chi connectivity index (χ0n) is 16.3. The second-order valence-electron chi connectivity index (χ2n) is 6.15. The van der Waals surface area contributed by atoms with Crippen molar-refractivity contribution < 1.29 is 23.9 Å². The number of hydrogen-bond acceptors (Lipinski definition) is 5. The molecule has 29 heavy (non-hydrogen) atoms. The number of nitrogens with one attached hydrogen (secondary N) is 2. The molecule has 154 valence electrons. The second-order valence-corrected chi connectivity index (χ2v) is 6.56. The summed E-state index contributed by atoms with van der Waals surface area (Å²) in [6, 6.07) is 12.1. The van der Waals surface area contributed by atoms with Crippen molar-refractivity contribution in [1.82, 2.24) is 0 Å². The Balaban J connectivity index is 1.73. The Morgan fingerprint density at radius 3 is 2.48 bits per heavy atom. The molecule has 2 amide bonds. The van der Waals surface area contributed by atoms with Crippen LogP contribution < -0.4 is 15.4 Å². The summed E-state index contributed by atoms with van der Waals surface area (Å²) in [7, 11) is 0. The third-order valence-corrected chi connectivity index (χ3v) is 4.24. The first kappa shape index (κ1) is 22.2. The Morgan fingerprint density at radius 2 is 1.76 bits per heavy atom. The molecule has 0 aromatic heterocycles. The Morgan fingerprint density at radius 1 is 1.00 bits per heavy atom. The number of para-hydroxylation sites is 2. The molecule has 0 aliphatic heterocycles. The number of carbonyl (C=O) groups is 3. The monoisotopic (exact) mass is 418 g/mol. The molecule has 2 aromatic rings. The maximum Gasteiger partial charge on any atom is 0.306 e. The van der Waals surface area contributed by atoms with E-state index < -0.39 is 18.5 Å². The summed E-state index contributed by atoms with van der Waals surface area (Å²) in [5.74, 6) is -0.959. The quantitative estimate of drug-likeness (QED) is 0.601. The van der Waals surface area contributed by atoms with Gasteiger partial charge in [-0.25, -0.2) is 0 Å². The number of amides is 2. The Hall–Kier alpha value is -3.06. The predicted octanol–water partition coefficient (Wildman–Crippen LogP) is 3.95. The van der Waals surface area contributed by atoms with Crippen molar-refractivity contribution >= 4 is 40.8 Å². The van der Waals surface area contributed by atoms with E-state index in [9.17, 15) is 14.4 Å². The normalized spacial score (nSPS) is 10.2. The minimum atomic E-state index is -0.643. The van der Waals surface area contributed by atoms with Crippen molar-refractivity contribution in [3.8, 4) is 5.75 Å². The highest BCUT2D eigenvalue weighted by atomic mass is 35.5. The molecule has 0 saturated heterocycles. The van der Waals surface area contributed by atoms with Crippen molar-refractivity contribution in [1.29, 1.82) is 0 Å². The van der Waals surface area contributed by atoms with E-state index >= 15 is 0 Å². The summed E-state index contributed by atoms with van der Waals surface area (Å²) >= 11 is 6.01. The molecule has 2 N–H and O–H groups in total. The Kier molecular flexibility index (Phi) is 8.48. The van der Waals surface area contributed by atoms with Gasteiger partial charge in [-0.15, -0.1) is 0 Å². The molecular weight excluding hydrogens is 396 g/mol. The highest BCUT2D eigenvalue weighted by Crippen LogP contribution is 2.23. The van der Waals surface area contributed by atoms with Gasteiger partial charge < -0.3 is 20.1 Å². The first-order valence-corrected chi connectivity index (χ1v) is 9.50.